The van der Waals surface area contributed by atoms with Crippen molar-refractivity contribution < 1.29 is 8.78 Å². The number of nitrogens with zero attached hydrogens (tertiary/aromatic N) is 2. The summed E-state index contributed by atoms with van der Waals surface area (Å²) >= 11 is 0. The molecule has 5 heteroatoms. The van der Waals surface area contributed by atoms with E-state index in [0.717, 1.165) is 19.6 Å². The molecule has 2 aliphatic heterocycles. The Hall–Kier alpha value is -1.49. The Morgan fingerprint density at radius 1 is 1.04 bits per heavy atom. The van der Waals surface area contributed by atoms with Crippen molar-refractivity contribution in [3.63, 3.8) is 0 Å². The van der Waals surface area contributed by atoms with E-state index in [2.05, 4.69) is 48.0 Å². The van der Waals surface area contributed by atoms with Crippen LogP contribution in [0.15, 0.2) is 42.5 Å². The molecule has 0 unspecified atom stereocenters. The Morgan fingerprint density at radius 3 is 2.58 bits per heavy atom. The minimum Gasteiger partial charge on any atom is -0.299 e. The number of rotatable bonds is 3. The Kier molecular flexibility index (Phi) is 5.66. The largest absolute Gasteiger partial charge is 0.299 e. The summed E-state index contributed by atoms with van der Waals surface area (Å²) < 4.78 is 27.4. The summed E-state index contributed by atoms with van der Waals surface area (Å²) in [6, 6.07) is 12.7. The smallest absolute Gasteiger partial charge is 0.127 e. The zero-order valence-electron chi connectivity index (χ0n) is 15.2. The van der Waals surface area contributed by atoms with Crippen molar-refractivity contribution in [2.75, 3.05) is 26.7 Å². The van der Waals surface area contributed by atoms with Crippen LogP contribution in [-0.4, -0.2) is 36.5 Å². The fourth-order valence-electron chi connectivity index (χ4n) is 4.77. The molecule has 3 atom stereocenters. The highest BCUT2D eigenvalue weighted by Crippen LogP contribution is 2.45. The summed E-state index contributed by atoms with van der Waals surface area (Å²) in [5.74, 6) is 0.452. The lowest BCUT2D eigenvalue weighted by atomic mass is 9.88. The van der Waals surface area contributed by atoms with E-state index in [9.17, 15) is 8.78 Å². The van der Waals surface area contributed by atoms with Gasteiger partial charge in [-0.2, -0.15) is 0 Å². The van der Waals surface area contributed by atoms with Gasteiger partial charge in [0.25, 0.3) is 0 Å². The van der Waals surface area contributed by atoms with E-state index < -0.39 is 0 Å². The summed E-state index contributed by atoms with van der Waals surface area (Å²) in [6.45, 7) is 5.61. The molecule has 0 aromatic heterocycles. The molecular formula is C21H25ClF2N2. The van der Waals surface area contributed by atoms with Crippen LogP contribution in [0, 0.1) is 30.4 Å². The normalized spacial score (nSPS) is 25.9. The molecule has 2 aliphatic rings. The minimum atomic E-state index is -0.367. The molecule has 140 valence electrons. The summed E-state index contributed by atoms with van der Waals surface area (Å²) in [4.78, 5) is 4.74. The summed E-state index contributed by atoms with van der Waals surface area (Å²) in [5, 5.41) is 0. The van der Waals surface area contributed by atoms with E-state index in [-0.39, 0.29) is 24.0 Å². The van der Waals surface area contributed by atoms with Gasteiger partial charge in [-0.1, -0.05) is 24.3 Å². The van der Waals surface area contributed by atoms with Crippen molar-refractivity contribution in [3.8, 4) is 0 Å². The van der Waals surface area contributed by atoms with Crippen LogP contribution in [0.2, 0.25) is 0 Å². The highest BCUT2D eigenvalue weighted by Gasteiger charge is 2.46. The highest BCUT2D eigenvalue weighted by atomic mass is 35.5. The van der Waals surface area contributed by atoms with Crippen molar-refractivity contribution in [2.45, 2.75) is 19.5 Å². The van der Waals surface area contributed by atoms with Crippen molar-refractivity contribution in [3.05, 3.63) is 70.8 Å². The Morgan fingerprint density at radius 2 is 1.81 bits per heavy atom. The molecule has 0 radical (unpaired) electrons. The van der Waals surface area contributed by atoms with Crippen LogP contribution >= 0.6 is 12.4 Å². The van der Waals surface area contributed by atoms with E-state index in [1.807, 2.05) is 0 Å². The van der Waals surface area contributed by atoms with Crippen LogP contribution in [-0.2, 0) is 6.54 Å². The van der Waals surface area contributed by atoms with Crippen molar-refractivity contribution in [1.29, 1.82) is 0 Å². The number of aryl methyl sites for hydroxylation is 1. The lowest BCUT2D eigenvalue weighted by Crippen LogP contribution is -2.29. The zero-order chi connectivity index (χ0) is 17.6. The van der Waals surface area contributed by atoms with Crippen LogP contribution < -0.4 is 0 Å². The molecular weight excluding hydrogens is 354 g/mol. The van der Waals surface area contributed by atoms with Gasteiger partial charge < -0.3 is 0 Å². The zero-order valence-corrected chi connectivity index (χ0v) is 16.0. The maximum Gasteiger partial charge on any atom is 0.127 e. The number of hydrogen-bond acceptors (Lipinski definition) is 2. The number of hydrogen-bond donors (Lipinski definition) is 0. The second-order valence-electron chi connectivity index (χ2n) is 7.59. The first-order chi connectivity index (χ1) is 12.0. The molecule has 2 fully saturated rings. The van der Waals surface area contributed by atoms with Crippen molar-refractivity contribution in [2.24, 2.45) is 11.8 Å². The van der Waals surface area contributed by atoms with E-state index in [0.29, 0.717) is 30.0 Å². The van der Waals surface area contributed by atoms with Gasteiger partial charge in [-0.15, -0.1) is 12.4 Å². The second kappa shape index (κ2) is 7.63. The molecule has 26 heavy (non-hydrogen) atoms. The lowest BCUT2D eigenvalue weighted by molar-refractivity contribution is 0.222. The fourth-order valence-corrected chi connectivity index (χ4v) is 4.77. The van der Waals surface area contributed by atoms with E-state index in [4.69, 9.17) is 0 Å². The maximum absolute atomic E-state index is 14.0. The van der Waals surface area contributed by atoms with Crippen LogP contribution in [0.5, 0.6) is 0 Å². The van der Waals surface area contributed by atoms with Crippen LogP contribution in [0.3, 0.4) is 0 Å². The first-order valence-electron chi connectivity index (χ1n) is 8.95. The van der Waals surface area contributed by atoms with Gasteiger partial charge in [-0.25, -0.2) is 8.78 Å². The van der Waals surface area contributed by atoms with Crippen molar-refractivity contribution in [1.82, 2.24) is 9.80 Å². The van der Waals surface area contributed by atoms with Crippen LogP contribution in [0.25, 0.3) is 0 Å². The number of benzene rings is 2. The third-order valence-electron chi connectivity index (χ3n) is 5.88. The molecule has 0 bridgehead atoms. The summed E-state index contributed by atoms with van der Waals surface area (Å²) in [5.41, 5.74) is 3.19. The third-order valence-corrected chi connectivity index (χ3v) is 5.88. The van der Waals surface area contributed by atoms with E-state index >= 15 is 0 Å². The lowest BCUT2D eigenvalue weighted by Gasteiger charge is -2.28. The van der Waals surface area contributed by atoms with Crippen LogP contribution in [0.4, 0.5) is 8.78 Å². The van der Waals surface area contributed by atoms with E-state index in [1.165, 1.54) is 29.3 Å². The standard InChI is InChI=1S/C21H24F2N2.ClH/c1-14-5-3-4-6-18(14)21-19-13-25(12-16(19)10-24(21)2)11-15-9-17(22)7-8-20(15)23;/h3-9,16,19,21H,10-13H2,1-2H3;1H/t16-,19+,21-;/m0./s1. The first-order valence-corrected chi connectivity index (χ1v) is 8.95. The quantitative estimate of drug-likeness (QED) is 0.779. The van der Waals surface area contributed by atoms with Gasteiger partial charge in [-0.05, 0) is 55.1 Å². The molecule has 0 amide bonds. The fraction of sp³-hybridized carbons (Fsp3) is 0.429. The van der Waals surface area contributed by atoms with Gasteiger partial charge >= 0.3 is 0 Å². The van der Waals surface area contributed by atoms with E-state index in [1.54, 1.807) is 0 Å². The molecule has 2 aromatic rings. The Labute approximate surface area is 160 Å². The van der Waals surface area contributed by atoms with Gasteiger partial charge in [0.05, 0.1) is 0 Å². The second-order valence-corrected chi connectivity index (χ2v) is 7.59. The average molecular weight is 379 g/mol. The number of halogens is 3. The number of likely N-dealkylation sites (tertiary alicyclic amines) is 2. The molecule has 2 aromatic carbocycles. The molecule has 2 heterocycles. The molecule has 0 aliphatic carbocycles. The number of fused-ring (bicyclic) bond motifs is 1. The minimum absolute atomic E-state index is 0. The molecule has 4 rings (SSSR count). The monoisotopic (exact) mass is 378 g/mol. The molecule has 0 N–H and O–H groups in total. The van der Waals surface area contributed by atoms with Gasteiger partial charge in [0.1, 0.15) is 11.6 Å². The summed E-state index contributed by atoms with van der Waals surface area (Å²) in [6.07, 6.45) is 0. The predicted molar refractivity (Wildman–Crippen MR) is 102 cm³/mol. The summed E-state index contributed by atoms with van der Waals surface area (Å²) in [7, 11) is 2.20. The molecule has 2 nitrogen and oxygen atoms in total. The molecule has 2 saturated heterocycles. The van der Waals surface area contributed by atoms with Gasteiger partial charge in [-0.3, -0.25) is 9.80 Å². The predicted octanol–water partition coefficient (Wildman–Crippen LogP) is 4.43. The average Bonchev–Trinajstić information content (AvgIpc) is 3.08. The SMILES string of the molecule is Cc1ccccc1[C@H]1[C@@H]2CN(Cc3cc(F)ccc3F)C[C@@H]2CN1C.Cl. The van der Waals surface area contributed by atoms with Gasteiger partial charge in [0.15, 0.2) is 0 Å². The Bertz CT molecular complexity index is 782. The molecule has 0 saturated carbocycles. The van der Waals surface area contributed by atoms with Crippen LogP contribution in [0.1, 0.15) is 22.7 Å². The third kappa shape index (κ3) is 3.51. The molecule has 0 spiro atoms. The van der Waals surface area contributed by atoms with Crippen molar-refractivity contribution >= 4 is 12.4 Å². The topological polar surface area (TPSA) is 6.48 Å². The highest BCUT2D eigenvalue weighted by molar-refractivity contribution is 5.85. The van der Waals surface area contributed by atoms with Gasteiger partial charge in [0.2, 0.25) is 0 Å². The Balaban J connectivity index is 0.00000196. The maximum atomic E-state index is 14.0. The first kappa shape index (κ1) is 19.3. The van der Waals surface area contributed by atoms with Gasteiger partial charge in [0, 0.05) is 37.8 Å².